The molecule has 1 rings (SSSR count). The monoisotopic (exact) mass is 213 g/mol. The lowest BCUT2D eigenvalue weighted by Gasteiger charge is -2.27. The first-order valence-electron chi connectivity index (χ1n) is 2.92. The van der Waals surface area contributed by atoms with Crippen molar-refractivity contribution in [2.75, 3.05) is 0 Å². The molecule has 0 aromatic heterocycles. The van der Waals surface area contributed by atoms with E-state index in [-0.39, 0.29) is 0 Å². The van der Waals surface area contributed by atoms with Crippen molar-refractivity contribution in [2.24, 2.45) is 0 Å². The summed E-state index contributed by atoms with van der Waals surface area (Å²) >= 11 is 5.29. The van der Waals surface area contributed by atoms with Crippen LogP contribution < -0.4 is 0 Å². The molecule has 0 saturated heterocycles. The van der Waals surface area contributed by atoms with Crippen LogP contribution in [0.4, 0.5) is 4.48 Å². The molecule has 7 heteroatoms. The fourth-order valence-electron chi connectivity index (χ4n) is 0.720. The number of hydrogen-bond acceptors (Lipinski definition) is 3. The van der Waals surface area contributed by atoms with Crippen molar-refractivity contribution in [3.63, 3.8) is 0 Å². The summed E-state index contributed by atoms with van der Waals surface area (Å²) in [5.41, 5.74) is -1.52. The first-order chi connectivity index (χ1) is 5.38. The molecule has 1 aliphatic rings. The molecule has 2 unspecified atom stereocenters. The Kier molecular flexibility index (Phi) is 2.26. The lowest BCUT2D eigenvalue weighted by atomic mass is 10.4. The highest BCUT2D eigenvalue weighted by molar-refractivity contribution is 7.80. The molecule has 0 radical (unpaired) electrons. The predicted molar refractivity (Wildman–Crippen MR) is 39.0 cm³/mol. The molecular weight excluding hydrogens is 209 g/mol. The number of rotatable bonds is 1. The van der Waals surface area contributed by atoms with E-state index in [9.17, 15) is 17.5 Å². The Morgan fingerprint density at radius 1 is 1.50 bits per heavy atom. The van der Waals surface area contributed by atoms with Crippen LogP contribution in [0.2, 0.25) is 0 Å². The topological polar surface area (TPSA) is 57.2 Å². The minimum Gasteiger partial charge on any atom is -0.699 e. The molecule has 0 aromatic carbocycles. The lowest BCUT2D eigenvalue weighted by molar-refractivity contribution is -0.913. The molecule has 0 aliphatic carbocycles. The molecule has 0 N–H and O–H groups in total. The molecule has 1 aliphatic heterocycles. The van der Waals surface area contributed by atoms with E-state index in [1.165, 1.54) is 6.08 Å². The number of halogens is 2. The molecule has 0 amide bonds. The molecule has 4 nitrogen and oxygen atoms in total. The minimum absolute atomic E-state index is 0.583. The summed E-state index contributed by atoms with van der Waals surface area (Å²) in [5.74, 6) is 0. The predicted octanol–water partition coefficient (Wildman–Crippen LogP) is 0.796. The Labute approximate surface area is 74.0 Å². The van der Waals surface area contributed by atoms with Crippen LogP contribution >= 0.6 is 11.6 Å². The zero-order chi connectivity index (χ0) is 9.41. The largest absolute Gasteiger partial charge is 0.699 e. The van der Waals surface area contributed by atoms with Crippen molar-refractivity contribution >= 4 is 21.9 Å². The smallest absolute Gasteiger partial charge is 0.297 e. The Morgan fingerprint density at radius 2 is 2.08 bits per heavy atom. The van der Waals surface area contributed by atoms with Crippen molar-refractivity contribution in [3.05, 3.63) is 24.4 Å². The normalized spacial score (nSPS) is 35.4. The average molecular weight is 214 g/mol. The van der Waals surface area contributed by atoms with Crippen LogP contribution in [0.15, 0.2) is 24.4 Å². The second-order valence-corrected chi connectivity index (χ2v) is 4.01. The van der Waals surface area contributed by atoms with Gasteiger partial charge in [-0.05, 0) is 23.8 Å². The van der Waals surface area contributed by atoms with Crippen molar-refractivity contribution in [1.29, 1.82) is 0 Å². The van der Waals surface area contributed by atoms with Crippen LogP contribution in [0.25, 0.3) is 0 Å². The zero-order valence-corrected chi connectivity index (χ0v) is 7.30. The molecule has 12 heavy (non-hydrogen) atoms. The molecular formula is C5H5ClFNO3S. The van der Waals surface area contributed by atoms with Gasteiger partial charge in [-0.15, -0.1) is 0 Å². The van der Waals surface area contributed by atoms with E-state index in [0.717, 1.165) is 12.2 Å². The van der Waals surface area contributed by atoms with Crippen LogP contribution in [0.5, 0.6) is 0 Å². The van der Waals surface area contributed by atoms with Crippen LogP contribution in [0, 0.1) is 0 Å². The van der Waals surface area contributed by atoms with Gasteiger partial charge < -0.3 is 4.55 Å². The Bertz CT molecular complexity index is 339. The number of allylic oxidation sites excluding steroid dienone is 2. The van der Waals surface area contributed by atoms with Gasteiger partial charge in [0, 0.05) is 8.59 Å². The number of nitrogens with zero attached hydrogens (tertiary/aromatic N) is 1. The molecule has 0 aromatic rings. The maximum absolute atomic E-state index is 13.2. The van der Waals surface area contributed by atoms with Gasteiger partial charge in [0.05, 0.1) is 0 Å². The minimum atomic E-state index is -5.12. The lowest BCUT2D eigenvalue weighted by Crippen LogP contribution is -2.45. The summed E-state index contributed by atoms with van der Waals surface area (Å²) in [6.07, 6.45) is 4.13. The molecule has 0 bridgehead atoms. The van der Waals surface area contributed by atoms with Crippen molar-refractivity contribution < 1.29 is 21.6 Å². The van der Waals surface area contributed by atoms with E-state index in [2.05, 4.69) is 0 Å². The van der Waals surface area contributed by atoms with Crippen LogP contribution in [-0.2, 0) is 10.3 Å². The van der Waals surface area contributed by atoms with Crippen molar-refractivity contribution in [1.82, 2.24) is 0 Å². The van der Waals surface area contributed by atoms with E-state index in [1.54, 1.807) is 0 Å². The average Bonchev–Trinajstić information content (AvgIpc) is 1.93. The SMILES string of the molecule is O=S(=O)([O-])[N+]1(F)C=CC=CC1Cl. The summed E-state index contributed by atoms with van der Waals surface area (Å²) < 4.78 is 42.1. The highest BCUT2D eigenvalue weighted by atomic mass is 35.5. The second-order valence-electron chi connectivity index (χ2n) is 2.15. The van der Waals surface area contributed by atoms with Gasteiger partial charge in [-0.1, -0.05) is 6.08 Å². The van der Waals surface area contributed by atoms with E-state index in [4.69, 9.17) is 11.6 Å². The quantitative estimate of drug-likeness (QED) is 0.280. The third-order valence-corrected chi connectivity index (χ3v) is 2.93. The molecule has 0 fully saturated rings. The van der Waals surface area contributed by atoms with Crippen molar-refractivity contribution in [2.45, 2.75) is 5.50 Å². The van der Waals surface area contributed by atoms with Gasteiger partial charge in [0.15, 0.2) is 6.20 Å². The third-order valence-electron chi connectivity index (χ3n) is 1.35. The first kappa shape index (κ1) is 9.66. The summed E-state index contributed by atoms with van der Waals surface area (Å²) in [5, 5.41) is 0. The standard InChI is InChI=1S/C5H5ClFNO3S/c6-5-3-1-2-4-8(5,7)12(9,10)11/h1-5H. The van der Waals surface area contributed by atoms with Gasteiger partial charge in [0.25, 0.3) is 10.3 Å². The van der Waals surface area contributed by atoms with Gasteiger partial charge in [0.1, 0.15) is 0 Å². The summed E-state index contributed by atoms with van der Waals surface area (Å²) in [6.45, 7) is 0. The van der Waals surface area contributed by atoms with Gasteiger partial charge in [-0.25, -0.2) is 0 Å². The van der Waals surface area contributed by atoms with Gasteiger partial charge in [0.2, 0.25) is 5.50 Å². The van der Waals surface area contributed by atoms with E-state index in [0.29, 0.717) is 6.20 Å². The van der Waals surface area contributed by atoms with Crippen molar-refractivity contribution in [3.8, 4) is 0 Å². The summed E-state index contributed by atoms with van der Waals surface area (Å²) in [7, 11) is -5.12. The maximum atomic E-state index is 13.2. The number of alkyl halides is 1. The van der Waals surface area contributed by atoms with E-state index < -0.39 is 19.9 Å². The highest BCUT2D eigenvalue weighted by Crippen LogP contribution is 2.28. The molecule has 68 valence electrons. The summed E-state index contributed by atoms with van der Waals surface area (Å²) in [6, 6.07) is 0. The van der Waals surface area contributed by atoms with E-state index >= 15 is 0 Å². The fraction of sp³-hybridized carbons (Fsp3) is 0.200. The van der Waals surface area contributed by atoms with Crippen LogP contribution in [0.3, 0.4) is 0 Å². The van der Waals surface area contributed by atoms with Crippen LogP contribution in [-0.4, -0.2) is 22.6 Å². The Morgan fingerprint density at radius 3 is 2.42 bits per heavy atom. The second kappa shape index (κ2) is 2.81. The van der Waals surface area contributed by atoms with Gasteiger partial charge in [-0.2, -0.15) is 8.42 Å². The molecule has 0 saturated carbocycles. The Balaban J connectivity index is 3.16. The first-order valence-corrected chi connectivity index (χ1v) is 4.72. The third kappa shape index (κ3) is 1.38. The van der Waals surface area contributed by atoms with Gasteiger partial charge in [-0.3, -0.25) is 0 Å². The maximum Gasteiger partial charge on any atom is 0.297 e. The molecule has 2 atom stereocenters. The van der Waals surface area contributed by atoms with Gasteiger partial charge >= 0.3 is 0 Å². The highest BCUT2D eigenvalue weighted by Gasteiger charge is 2.43. The number of quaternary nitrogens is 1. The van der Waals surface area contributed by atoms with E-state index in [1.807, 2.05) is 0 Å². The zero-order valence-electron chi connectivity index (χ0n) is 5.72. The van der Waals surface area contributed by atoms with Crippen LogP contribution in [0.1, 0.15) is 0 Å². The molecule has 1 heterocycles. The Hall–Kier alpha value is -0.430. The number of hydrogen-bond donors (Lipinski definition) is 0. The molecule has 0 spiro atoms. The summed E-state index contributed by atoms with van der Waals surface area (Å²) in [4.78, 5) is 0. The fourth-order valence-corrected chi connectivity index (χ4v) is 1.70.